The van der Waals surface area contributed by atoms with Gasteiger partial charge in [-0.25, -0.2) is 0 Å². The van der Waals surface area contributed by atoms with Gasteiger partial charge in [0.15, 0.2) is 5.78 Å². The van der Waals surface area contributed by atoms with E-state index in [4.69, 9.17) is 4.74 Å². The van der Waals surface area contributed by atoms with Gasteiger partial charge in [-0.2, -0.15) is 0 Å². The van der Waals surface area contributed by atoms with Crippen LogP contribution in [0.25, 0.3) is 0 Å². The van der Waals surface area contributed by atoms with Crippen molar-refractivity contribution in [3.63, 3.8) is 0 Å². The van der Waals surface area contributed by atoms with Crippen LogP contribution in [0, 0.1) is 0 Å². The van der Waals surface area contributed by atoms with E-state index in [2.05, 4.69) is 22.9 Å². The molecule has 88 valence electrons. The summed E-state index contributed by atoms with van der Waals surface area (Å²) in [4.78, 5) is 11.9. The van der Waals surface area contributed by atoms with Crippen molar-refractivity contribution in [3.05, 3.63) is 34.3 Å². The Morgan fingerprint density at radius 3 is 2.50 bits per heavy atom. The van der Waals surface area contributed by atoms with E-state index in [0.29, 0.717) is 6.42 Å². The minimum absolute atomic E-state index is 0.159. The van der Waals surface area contributed by atoms with Gasteiger partial charge in [0.1, 0.15) is 6.10 Å². The SMILES string of the molecule is CCCC(OC)C(=O)Cc1ccc(Br)cc1. The second-order valence-electron chi connectivity index (χ2n) is 3.78. The highest BCUT2D eigenvalue weighted by Crippen LogP contribution is 2.13. The smallest absolute Gasteiger partial charge is 0.165 e. The molecule has 1 aromatic rings. The summed E-state index contributed by atoms with van der Waals surface area (Å²) >= 11 is 3.37. The predicted octanol–water partition coefficient (Wildman–Crippen LogP) is 3.38. The lowest BCUT2D eigenvalue weighted by molar-refractivity contribution is -0.128. The van der Waals surface area contributed by atoms with Crippen LogP contribution in [-0.4, -0.2) is 19.0 Å². The largest absolute Gasteiger partial charge is 0.374 e. The van der Waals surface area contributed by atoms with E-state index in [-0.39, 0.29) is 11.9 Å². The average molecular weight is 285 g/mol. The molecule has 0 saturated carbocycles. The monoisotopic (exact) mass is 284 g/mol. The zero-order valence-electron chi connectivity index (χ0n) is 9.70. The Labute approximate surface area is 105 Å². The summed E-state index contributed by atoms with van der Waals surface area (Å²) in [5.74, 6) is 0.159. The van der Waals surface area contributed by atoms with Crippen LogP contribution >= 0.6 is 15.9 Å². The predicted molar refractivity (Wildman–Crippen MR) is 68.6 cm³/mol. The lowest BCUT2D eigenvalue weighted by Crippen LogP contribution is -2.24. The van der Waals surface area contributed by atoms with Crippen molar-refractivity contribution < 1.29 is 9.53 Å². The van der Waals surface area contributed by atoms with Crippen molar-refractivity contribution in [2.24, 2.45) is 0 Å². The van der Waals surface area contributed by atoms with Gasteiger partial charge in [-0.3, -0.25) is 4.79 Å². The van der Waals surface area contributed by atoms with Gasteiger partial charge in [0.05, 0.1) is 0 Å². The molecule has 0 saturated heterocycles. The van der Waals surface area contributed by atoms with Gasteiger partial charge in [0.25, 0.3) is 0 Å². The summed E-state index contributed by atoms with van der Waals surface area (Å²) in [5, 5.41) is 0. The van der Waals surface area contributed by atoms with Crippen LogP contribution in [-0.2, 0) is 16.0 Å². The number of carbonyl (C=O) groups is 1. The highest BCUT2D eigenvalue weighted by Gasteiger charge is 2.16. The van der Waals surface area contributed by atoms with Crippen LogP contribution < -0.4 is 0 Å². The molecule has 0 aromatic heterocycles. The van der Waals surface area contributed by atoms with Gasteiger partial charge in [-0.05, 0) is 24.1 Å². The Kier molecular flexibility index (Phi) is 5.71. The normalized spacial score (nSPS) is 12.4. The van der Waals surface area contributed by atoms with Crippen molar-refractivity contribution in [3.8, 4) is 0 Å². The first-order chi connectivity index (χ1) is 7.67. The third kappa shape index (κ3) is 4.06. The second-order valence-corrected chi connectivity index (χ2v) is 4.70. The quantitative estimate of drug-likeness (QED) is 0.801. The lowest BCUT2D eigenvalue weighted by atomic mass is 10.0. The number of rotatable bonds is 6. The van der Waals surface area contributed by atoms with Crippen LogP contribution in [0.4, 0.5) is 0 Å². The zero-order valence-corrected chi connectivity index (χ0v) is 11.3. The van der Waals surface area contributed by atoms with E-state index in [1.165, 1.54) is 0 Å². The minimum Gasteiger partial charge on any atom is -0.374 e. The van der Waals surface area contributed by atoms with E-state index < -0.39 is 0 Å². The molecule has 1 atom stereocenters. The molecule has 2 nitrogen and oxygen atoms in total. The molecule has 1 rings (SSSR count). The molecule has 0 aliphatic heterocycles. The van der Waals surface area contributed by atoms with Crippen molar-refractivity contribution in [1.29, 1.82) is 0 Å². The molecule has 0 amide bonds. The summed E-state index contributed by atoms with van der Waals surface area (Å²) in [6.07, 6.45) is 1.95. The Morgan fingerprint density at radius 1 is 1.38 bits per heavy atom. The average Bonchev–Trinajstić information content (AvgIpc) is 2.29. The molecule has 1 unspecified atom stereocenters. The maximum absolute atomic E-state index is 11.9. The van der Waals surface area contributed by atoms with E-state index in [0.717, 1.165) is 22.9 Å². The molecule has 3 heteroatoms. The van der Waals surface area contributed by atoms with Gasteiger partial charge >= 0.3 is 0 Å². The van der Waals surface area contributed by atoms with Crippen molar-refractivity contribution >= 4 is 21.7 Å². The number of hydrogen-bond donors (Lipinski definition) is 0. The van der Waals surface area contributed by atoms with Crippen LogP contribution in [0.15, 0.2) is 28.7 Å². The molecule has 0 fully saturated rings. The van der Waals surface area contributed by atoms with Crippen LogP contribution in [0.5, 0.6) is 0 Å². The van der Waals surface area contributed by atoms with Crippen LogP contribution in [0.2, 0.25) is 0 Å². The van der Waals surface area contributed by atoms with E-state index in [1.54, 1.807) is 7.11 Å². The first-order valence-electron chi connectivity index (χ1n) is 5.47. The molecular formula is C13H17BrO2. The summed E-state index contributed by atoms with van der Waals surface area (Å²) in [6, 6.07) is 7.82. The number of Topliss-reactive ketones (excluding diaryl/α,β-unsaturated/α-hetero) is 1. The third-order valence-electron chi connectivity index (χ3n) is 2.49. The molecule has 0 N–H and O–H groups in total. The Hall–Kier alpha value is -0.670. The number of carbonyl (C=O) groups excluding carboxylic acids is 1. The molecule has 1 aromatic carbocycles. The number of benzene rings is 1. The summed E-state index contributed by atoms with van der Waals surface area (Å²) < 4.78 is 6.22. The van der Waals surface area contributed by atoms with Crippen molar-refractivity contribution in [1.82, 2.24) is 0 Å². The fourth-order valence-electron chi connectivity index (χ4n) is 1.59. The van der Waals surface area contributed by atoms with Gasteiger partial charge < -0.3 is 4.74 Å². The second kappa shape index (κ2) is 6.81. The summed E-state index contributed by atoms with van der Waals surface area (Å²) in [5.41, 5.74) is 1.03. The highest BCUT2D eigenvalue weighted by atomic mass is 79.9. The molecule has 0 heterocycles. The number of methoxy groups -OCH3 is 1. The Balaban J connectivity index is 2.59. The van der Waals surface area contributed by atoms with Crippen molar-refractivity contribution in [2.45, 2.75) is 32.3 Å². The van der Waals surface area contributed by atoms with Crippen LogP contribution in [0.1, 0.15) is 25.3 Å². The van der Waals surface area contributed by atoms with Gasteiger partial charge in [-0.1, -0.05) is 41.4 Å². The van der Waals surface area contributed by atoms with Gasteiger partial charge in [0.2, 0.25) is 0 Å². The molecule has 0 spiro atoms. The Bertz CT molecular complexity index is 332. The standard InChI is InChI=1S/C13H17BrO2/c1-3-4-13(16-2)12(15)9-10-5-7-11(14)8-6-10/h5-8,13H,3-4,9H2,1-2H3. The minimum atomic E-state index is -0.256. The van der Waals surface area contributed by atoms with Gasteiger partial charge in [-0.15, -0.1) is 0 Å². The molecular weight excluding hydrogens is 268 g/mol. The maximum atomic E-state index is 11.9. The topological polar surface area (TPSA) is 26.3 Å². The van der Waals surface area contributed by atoms with Crippen LogP contribution in [0.3, 0.4) is 0 Å². The molecule has 0 bridgehead atoms. The number of hydrogen-bond acceptors (Lipinski definition) is 2. The zero-order chi connectivity index (χ0) is 12.0. The highest BCUT2D eigenvalue weighted by molar-refractivity contribution is 9.10. The molecule has 0 aliphatic rings. The third-order valence-corrected chi connectivity index (χ3v) is 3.01. The summed E-state index contributed by atoms with van der Waals surface area (Å²) in [6.45, 7) is 2.05. The van der Waals surface area contributed by atoms with E-state index >= 15 is 0 Å². The fraction of sp³-hybridized carbons (Fsp3) is 0.462. The lowest BCUT2D eigenvalue weighted by Gasteiger charge is -2.12. The molecule has 0 aliphatic carbocycles. The number of ketones is 1. The molecule has 16 heavy (non-hydrogen) atoms. The van der Waals surface area contributed by atoms with E-state index in [9.17, 15) is 4.79 Å². The first-order valence-corrected chi connectivity index (χ1v) is 6.26. The maximum Gasteiger partial charge on any atom is 0.165 e. The summed E-state index contributed by atoms with van der Waals surface area (Å²) in [7, 11) is 1.60. The van der Waals surface area contributed by atoms with Gasteiger partial charge in [0, 0.05) is 18.0 Å². The molecule has 0 radical (unpaired) electrons. The van der Waals surface area contributed by atoms with E-state index in [1.807, 2.05) is 24.3 Å². The number of halogens is 1. The van der Waals surface area contributed by atoms with Crippen molar-refractivity contribution in [2.75, 3.05) is 7.11 Å². The fourth-order valence-corrected chi connectivity index (χ4v) is 1.85. The first kappa shape index (κ1) is 13.4. The number of ether oxygens (including phenoxy) is 1. The Morgan fingerprint density at radius 2 is 2.00 bits per heavy atom.